The van der Waals surface area contributed by atoms with Crippen molar-refractivity contribution in [3.05, 3.63) is 91.0 Å². The van der Waals surface area contributed by atoms with Gasteiger partial charge in [0.2, 0.25) is 11.0 Å². The Morgan fingerprint density at radius 3 is 1.09 bits per heavy atom. The van der Waals surface area contributed by atoms with E-state index in [-0.39, 0.29) is 0 Å². The van der Waals surface area contributed by atoms with Gasteiger partial charge < -0.3 is 0 Å². The summed E-state index contributed by atoms with van der Waals surface area (Å²) in [5.41, 5.74) is 0. The maximum Gasteiger partial charge on any atom is 0.241 e. The average molecular weight is 527 g/mol. The van der Waals surface area contributed by atoms with Crippen LogP contribution in [0.25, 0.3) is 0 Å². The SMILES string of the molecule is Br[Si](Br)(c1ccccc1)[Si](Br)(c1ccccc1)c1ccccc1. The van der Waals surface area contributed by atoms with Gasteiger partial charge in [-0.3, -0.25) is 0 Å². The van der Waals surface area contributed by atoms with Crippen LogP contribution in [0, 0.1) is 0 Å². The first-order valence-corrected chi connectivity index (χ1v) is 19.1. The Morgan fingerprint density at radius 2 is 0.739 bits per heavy atom. The number of benzene rings is 3. The summed E-state index contributed by atoms with van der Waals surface area (Å²) in [5, 5.41) is 4.09. The first kappa shape index (κ1) is 17.4. The van der Waals surface area contributed by atoms with Crippen LogP contribution in [0.1, 0.15) is 0 Å². The van der Waals surface area contributed by atoms with Crippen LogP contribution in [0.5, 0.6) is 0 Å². The molecule has 3 rings (SSSR count). The molecule has 0 aliphatic heterocycles. The molecule has 0 unspecified atom stereocenters. The molecule has 0 amide bonds. The molecular weight excluding hydrogens is 512 g/mol. The number of halogens is 3. The van der Waals surface area contributed by atoms with E-state index in [1.54, 1.807) is 0 Å². The largest absolute Gasteiger partial charge is 0.241 e. The summed E-state index contributed by atoms with van der Waals surface area (Å²) in [7, 11) is 0. The second-order valence-corrected chi connectivity index (χ2v) is 34.5. The Balaban J connectivity index is 2.25. The van der Waals surface area contributed by atoms with Crippen molar-refractivity contribution in [3.63, 3.8) is 0 Å². The summed E-state index contributed by atoms with van der Waals surface area (Å²) in [6, 6.07) is 32.3. The van der Waals surface area contributed by atoms with Crippen LogP contribution in [-0.2, 0) is 0 Å². The van der Waals surface area contributed by atoms with Gasteiger partial charge in [0, 0.05) is 0 Å². The summed E-state index contributed by atoms with van der Waals surface area (Å²) in [6.07, 6.45) is -2.19. The highest BCUT2D eigenvalue weighted by Gasteiger charge is 2.55. The molecule has 0 aliphatic carbocycles. The quantitative estimate of drug-likeness (QED) is 0.350. The van der Waals surface area contributed by atoms with E-state index in [1.165, 1.54) is 15.6 Å². The third-order valence-corrected chi connectivity index (χ3v) is 44.4. The normalized spacial score (nSPS) is 12.1. The Morgan fingerprint density at radius 1 is 0.435 bits per heavy atom. The highest BCUT2D eigenvalue weighted by Crippen LogP contribution is 2.35. The average Bonchev–Trinajstić information content (AvgIpc) is 2.63. The molecule has 0 atom stereocenters. The van der Waals surface area contributed by atoms with Crippen molar-refractivity contribution in [2.24, 2.45) is 0 Å². The molecule has 0 radical (unpaired) electrons. The molecule has 23 heavy (non-hydrogen) atoms. The number of hydrogen-bond donors (Lipinski definition) is 0. The van der Waals surface area contributed by atoms with Gasteiger partial charge in [-0.15, -0.1) is 45.9 Å². The third-order valence-electron chi connectivity index (χ3n) is 3.91. The molecule has 0 saturated carbocycles. The van der Waals surface area contributed by atoms with Gasteiger partial charge in [0.15, 0.2) is 0 Å². The lowest BCUT2D eigenvalue weighted by atomic mass is 10.4. The fraction of sp³-hybridized carbons (Fsp3) is 0. The van der Waals surface area contributed by atoms with Crippen LogP contribution in [0.4, 0.5) is 0 Å². The van der Waals surface area contributed by atoms with Crippen molar-refractivity contribution in [1.82, 2.24) is 0 Å². The molecule has 3 aromatic carbocycles. The van der Waals surface area contributed by atoms with E-state index in [0.717, 1.165) is 0 Å². The summed E-state index contributed by atoms with van der Waals surface area (Å²) >= 11 is 12.6. The van der Waals surface area contributed by atoms with Crippen LogP contribution < -0.4 is 15.6 Å². The van der Waals surface area contributed by atoms with E-state index >= 15 is 0 Å². The van der Waals surface area contributed by atoms with Gasteiger partial charge in [0.25, 0.3) is 0 Å². The Labute approximate surface area is 162 Å². The molecule has 3 aromatic rings. The molecule has 0 nitrogen and oxygen atoms in total. The summed E-state index contributed by atoms with van der Waals surface area (Å²) in [5.74, 6) is 0. The van der Waals surface area contributed by atoms with E-state index in [2.05, 4.69) is 137 Å². The Bertz CT molecular complexity index is 723. The topological polar surface area (TPSA) is 0 Å². The maximum atomic E-state index is 4.27. The third kappa shape index (κ3) is 3.22. The molecular formula is C18H15Br3Si2. The van der Waals surface area contributed by atoms with Crippen molar-refractivity contribution in [2.45, 2.75) is 0 Å². The van der Waals surface area contributed by atoms with Gasteiger partial charge >= 0.3 is 0 Å². The van der Waals surface area contributed by atoms with Crippen LogP contribution >= 0.6 is 45.9 Å². The first-order valence-electron chi connectivity index (χ1n) is 7.30. The molecule has 5 heteroatoms. The van der Waals surface area contributed by atoms with E-state index < -0.39 is 11.0 Å². The Hall–Kier alpha value is -0.466. The van der Waals surface area contributed by atoms with Gasteiger partial charge in [0.1, 0.15) is 0 Å². The minimum Gasteiger partial charge on any atom is -0.115 e. The highest BCUT2D eigenvalue weighted by atomic mass is 79.9. The van der Waals surface area contributed by atoms with Gasteiger partial charge in [-0.1, -0.05) is 91.0 Å². The van der Waals surface area contributed by atoms with Crippen molar-refractivity contribution < 1.29 is 0 Å². The van der Waals surface area contributed by atoms with Crippen molar-refractivity contribution in [2.75, 3.05) is 0 Å². The molecule has 0 heterocycles. The van der Waals surface area contributed by atoms with Crippen molar-refractivity contribution in [1.29, 1.82) is 0 Å². The smallest absolute Gasteiger partial charge is 0.115 e. The second-order valence-electron chi connectivity index (χ2n) is 5.33. The van der Waals surface area contributed by atoms with Gasteiger partial charge in [-0.25, -0.2) is 0 Å². The molecule has 0 aliphatic rings. The van der Waals surface area contributed by atoms with Crippen LogP contribution in [-0.4, -0.2) is 11.0 Å². The van der Waals surface area contributed by atoms with E-state index in [1.807, 2.05) is 0 Å². The molecule has 116 valence electrons. The standard InChI is InChI=1S/C18H15Br3Si2/c19-22(16-10-4-1-5-11-16,17-12-6-2-7-13-17)23(20,21)18-14-8-3-9-15-18/h1-15H. The lowest BCUT2D eigenvalue weighted by Gasteiger charge is -2.36. The van der Waals surface area contributed by atoms with Crippen LogP contribution in [0.15, 0.2) is 91.0 Å². The van der Waals surface area contributed by atoms with E-state index in [0.29, 0.717) is 0 Å². The summed E-state index contributed by atoms with van der Waals surface area (Å²) < 4.78 is 0. The van der Waals surface area contributed by atoms with E-state index in [4.69, 9.17) is 0 Å². The van der Waals surface area contributed by atoms with E-state index in [9.17, 15) is 0 Å². The number of rotatable bonds is 4. The zero-order valence-electron chi connectivity index (χ0n) is 12.3. The molecule has 0 saturated heterocycles. The molecule has 0 bridgehead atoms. The molecule has 0 fully saturated rings. The minimum absolute atomic E-state index is 1.34. The number of hydrogen-bond acceptors (Lipinski definition) is 0. The zero-order valence-corrected chi connectivity index (χ0v) is 19.1. The Kier molecular flexibility index (Phi) is 5.43. The lowest BCUT2D eigenvalue weighted by molar-refractivity contribution is 1.73. The highest BCUT2D eigenvalue weighted by molar-refractivity contribution is 9.57. The maximum absolute atomic E-state index is 4.27. The predicted octanol–water partition coefficient (Wildman–Crippen LogP) is 4.36. The summed E-state index contributed by atoms with van der Waals surface area (Å²) in [6.45, 7) is 0. The predicted molar refractivity (Wildman–Crippen MR) is 117 cm³/mol. The van der Waals surface area contributed by atoms with Gasteiger partial charge in [-0.05, 0) is 15.6 Å². The first-order chi connectivity index (χ1) is 11.1. The fourth-order valence-electron chi connectivity index (χ4n) is 2.71. The molecule has 0 aromatic heterocycles. The van der Waals surface area contributed by atoms with Crippen molar-refractivity contribution >= 4 is 72.5 Å². The fourth-order valence-corrected chi connectivity index (χ4v) is 24.4. The monoisotopic (exact) mass is 524 g/mol. The summed E-state index contributed by atoms with van der Waals surface area (Å²) in [4.78, 5) is -2.13. The van der Waals surface area contributed by atoms with Gasteiger partial charge in [0.05, 0.1) is 0 Å². The van der Waals surface area contributed by atoms with Gasteiger partial charge in [-0.2, -0.15) is 0 Å². The minimum atomic E-state index is -2.19. The van der Waals surface area contributed by atoms with Crippen LogP contribution in [0.2, 0.25) is 0 Å². The van der Waals surface area contributed by atoms with Crippen LogP contribution in [0.3, 0.4) is 0 Å². The molecule has 0 N–H and O–H groups in total. The lowest BCUT2D eigenvalue weighted by Crippen LogP contribution is -2.72. The zero-order chi connectivity index (χ0) is 16.3. The van der Waals surface area contributed by atoms with Crippen molar-refractivity contribution in [3.8, 4) is 0 Å². The molecule has 0 spiro atoms. The second kappa shape index (κ2) is 7.19.